The molecule has 4 heterocycles. The standard InChI is InChI=1S/C20H24N4/c1-14-10-17-18-13-23(3)8-7-19(18)24(20(17)22-11-14)9-6-16-5-4-15(2)21-12-16/h4-5,10-12H,6-9,13H2,1-3H3. The third kappa shape index (κ3) is 2.71. The van der Waals surface area contributed by atoms with Gasteiger partial charge in [0.05, 0.1) is 0 Å². The van der Waals surface area contributed by atoms with E-state index < -0.39 is 0 Å². The second-order valence-corrected chi connectivity index (χ2v) is 7.01. The average molecular weight is 320 g/mol. The van der Waals surface area contributed by atoms with Crippen LogP contribution < -0.4 is 0 Å². The van der Waals surface area contributed by atoms with Crippen molar-refractivity contribution >= 4 is 11.0 Å². The molecule has 0 aliphatic carbocycles. The number of aromatic nitrogens is 3. The van der Waals surface area contributed by atoms with E-state index in [9.17, 15) is 0 Å². The minimum Gasteiger partial charge on any atom is -0.329 e. The van der Waals surface area contributed by atoms with E-state index in [1.807, 2.05) is 19.3 Å². The molecule has 124 valence electrons. The molecule has 4 heteroatoms. The van der Waals surface area contributed by atoms with Crippen LogP contribution in [0, 0.1) is 13.8 Å². The normalized spacial score (nSPS) is 15.0. The Morgan fingerprint density at radius 1 is 1.12 bits per heavy atom. The van der Waals surface area contributed by atoms with Crippen molar-refractivity contribution < 1.29 is 0 Å². The third-order valence-corrected chi connectivity index (χ3v) is 5.01. The Morgan fingerprint density at radius 3 is 2.79 bits per heavy atom. The molecule has 0 saturated heterocycles. The van der Waals surface area contributed by atoms with Crippen molar-refractivity contribution in [1.82, 2.24) is 19.4 Å². The predicted molar refractivity (Wildman–Crippen MR) is 97.2 cm³/mol. The van der Waals surface area contributed by atoms with Crippen LogP contribution in [0.5, 0.6) is 0 Å². The molecule has 0 atom stereocenters. The lowest BCUT2D eigenvalue weighted by molar-refractivity contribution is 0.309. The van der Waals surface area contributed by atoms with Crippen LogP contribution in [-0.2, 0) is 25.9 Å². The molecule has 0 N–H and O–H groups in total. The molecule has 0 amide bonds. The summed E-state index contributed by atoms with van der Waals surface area (Å²) in [7, 11) is 2.20. The number of fused-ring (bicyclic) bond motifs is 3. The van der Waals surface area contributed by atoms with Crippen molar-refractivity contribution in [2.24, 2.45) is 0 Å². The Balaban J connectivity index is 1.73. The molecule has 3 aromatic rings. The van der Waals surface area contributed by atoms with Crippen LogP contribution in [0.15, 0.2) is 30.6 Å². The Kier molecular flexibility index (Phi) is 3.85. The molecule has 1 aliphatic rings. The summed E-state index contributed by atoms with van der Waals surface area (Å²) >= 11 is 0. The maximum Gasteiger partial charge on any atom is 0.140 e. The number of aryl methyl sites for hydroxylation is 4. The molecule has 0 saturated carbocycles. The van der Waals surface area contributed by atoms with Crippen molar-refractivity contribution in [1.29, 1.82) is 0 Å². The molecule has 3 aromatic heterocycles. The van der Waals surface area contributed by atoms with Gasteiger partial charge in [-0.2, -0.15) is 0 Å². The fourth-order valence-corrected chi connectivity index (χ4v) is 3.68. The van der Waals surface area contributed by atoms with Gasteiger partial charge in [-0.05, 0) is 56.1 Å². The molecule has 0 bridgehead atoms. The van der Waals surface area contributed by atoms with Crippen molar-refractivity contribution in [2.45, 2.75) is 39.8 Å². The zero-order chi connectivity index (χ0) is 16.7. The van der Waals surface area contributed by atoms with E-state index in [4.69, 9.17) is 4.98 Å². The van der Waals surface area contributed by atoms with Crippen molar-refractivity contribution in [3.05, 3.63) is 58.7 Å². The Labute approximate surface area is 143 Å². The minimum absolute atomic E-state index is 0.969. The van der Waals surface area contributed by atoms with E-state index in [1.165, 1.54) is 27.8 Å². The third-order valence-electron chi connectivity index (χ3n) is 5.01. The summed E-state index contributed by atoms with van der Waals surface area (Å²) < 4.78 is 2.44. The predicted octanol–water partition coefficient (Wildman–Crippen LogP) is 3.28. The van der Waals surface area contributed by atoms with E-state index in [-0.39, 0.29) is 0 Å². The first kappa shape index (κ1) is 15.3. The zero-order valence-electron chi connectivity index (χ0n) is 14.7. The monoisotopic (exact) mass is 320 g/mol. The van der Waals surface area contributed by atoms with Gasteiger partial charge < -0.3 is 9.47 Å². The van der Waals surface area contributed by atoms with Gasteiger partial charge in [0, 0.05) is 55.2 Å². The minimum atomic E-state index is 0.969. The summed E-state index contributed by atoms with van der Waals surface area (Å²) in [6.07, 6.45) is 6.09. The molecular weight excluding hydrogens is 296 g/mol. The molecule has 0 fully saturated rings. The molecule has 0 spiro atoms. The molecule has 4 nitrogen and oxygen atoms in total. The van der Waals surface area contributed by atoms with Crippen LogP contribution in [0.4, 0.5) is 0 Å². The molecule has 0 unspecified atom stereocenters. The van der Waals surface area contributed by atoms with Crippen LogP contribution in [0.2, 0.25) is 0 Å². The molecule has 24 heavy (non-hydrogen) atoms. The Bertz CT molecular complexity index is 877. The number of hydrogen-bond donors (Lipinski definition) is 0. The Hall–Kier alpha value is -2.20. The highest BCUT2D eigenvalue weighted by atomic mass is 15.1. The first-order valence-electron chi connectivity index (χ1n) is 8.68. The van der Waals surface area contributed by atoms with Crippen LogP contribution in [0.3, 0.4) is 0 Å². The fraction of sp³-hybridized carbons (Fsp3) is 0.400. The van der Waals surface area contributed by atoms with Gasteiger partial charge >= 0.3 is 0 Å². The quantitative estimate of drug-likeness (QED) is 0.743. The second kappa shape index (κ2) is 6.02. The average Bonchev–Trinajstić information content (AvgIpc) is 2.87. The number of nitrogens with zero attached hydrogens (tertiary/aromatic N) is 4. The highest BCUT2D eigenvalue weighted by molar-refractivity contribution is 5.83. The van der Waals surface area contributed by atoms with Crippen LogP contribution >= 0.6 is 0 Å². The van der Waals surface area contributed by atoms with E-state index in [0.29, 0.717) is 0 Å². The van der Waals surface area contributed by atoms with Gasteiger partial charge in [0.15, 0.2) is 0 Å². The topological polar surface area (TPSA) is 34.0 Å². The molecule has 0 aromatic carbocycles. The maximum atomic E-state index is 4.77. The molecule has 1 aliphatic heterocycles. The number of rotatable bonds is 3. The maximum absolute atomic E-state index is 4.77. The summed E-state index contributed by atoms with van der Waals surface area (Å²) in [6.45, 7) is 7.27. The summed E-state index contributed by atoms with van der Waals surface area (Å²) in [6, 6.07) is 6.57. The zero-order valence-corrected chi connectivity index (χ0v) is 14.7. The first-order valence-corrected chi connectivity index (χ1v) is 8.68. The van der Waals surface area contributed by atoms with Gasteiger partial charge in [-0.3, -0.25) is 4.98 Å². The highest BCUT2D eigenvalue weighted by Crippen LogP contribution is 2.30. The largest absolute Gasteiger partial charge is 0.329 e. The number of likely N-dealkylation sites (N-methyl/N-ethyl adjacent to an activating group) is 1. The smallest absolute Gasteiger partial charge is 0.140 e. The van der Waals surface area contributed by atoms with Crippen molar-refractivity contribution in [3.8, 4) is 0 Å². The van der Waals surface area contributed by atoms with E-state index in [2.05, 4.69) is 46.6 Å². The SMILES string of the molecule is Cc1cnc2c(c1)c1c(n2CCc2ccc(C)nc2)CCN(C)C1. The molecule has 0 radical (unpaired) electrons. The van der Waals surface area contributed by atoms with Gasteiger partial charge in [0.25, 0.3) is 0 Å². The van der Waals surface area contributed by atoms with E-state index in [1.54, 1.807) is 0 Å². The number of hydrogen-bond acceptors (Lipinski definition) is 3. The fourth-order valence-electron chi connectivity index (χ4n) is 3.68. The summed E-state index contributed by atoms with van der Waals surface area (Å²) in [5.41, 5.74) is 7.68. The van der Waals surface area contributed by atoms with Gasteiger partial charge in [0.1, 0.15) is 5.65 Å². The van der Waals surface area contributed by atoms with Crippen LogP contribution in [0.25, 0.3) is 11.0 Å². The van der Waals surface area contributed by atoms with E-state index >= 15 is 0 Å². The second-order valence-electron chi connectivity index (χ2n) is 7.01. The van der Waals surface area contributed by atoms with Gasteiger partial charge in [-0.1, -0.05) is 6.07 Å². The molecule has 4 rings (SSSR count). The number of pyridine rings is 2. The lowest BCUT2D eigenvalue weighted by Crippen LogP contribution is -2.27. The lowest BCUT2D eigenvalue weighted by atomic mass is 10.1. The summed E-state index contributed by atoms with van der Waals surface area (Å²) in [5.74, 6) is 0. The Morgan fingerprint density at radius 2 is 2.00 bits per heavy atom. The van der Waals surface area contributed by atoms with E-state index in [0.717, 1.165) is 43.8 Å². The van der Waals surface area contributed by atoms with Gasteiger partial charge in [0.2, 0.25) is 0 Å². The summed E-state index contributed by atoms with van der Waals surface area (Å²) in [4.78, 5) is 11.6. The van der Waals surface area contributed by atoms with Gasteiger partial charge in [-0.15, -0.1) is 0 Å². The van der Waals surface area contributed by atoms with Crippen molar-refractivity contribution in [3.63, 3.8) is 0 Å². The first-order chi connectivity index (χ1) is 11.6. The van der Waals surface area contributed by atoms with Crippen LogP contribution in [0.1, 0.15) is 28.1 Å². The van der Waals surface area contributed by atoms with Gasteiger partial charge in [-0.25, -0.2) is 4.98 Å². The lowest BCUT2D eigenvalue weighted by Gasteiger charge is -2.24. The highest BCUT2D eigenvalue weighted by Gasteiger charge is 2.22. The van der Waals surface area contributed by atoms with Crippen molar-refractivity contribution in [2.75, 3.05) is 13.6 Å². The molecular formula is C20H24N4. The van der Waals surface area contributed by atoms with Crippen LogP contribution in [-0.4, -0.2) is 33.0 Å². The summed E-state index contributed by atoms with van der Waals surface area (Å²) in [5, 5.41) is 1.33.